The molecule has 0 fully saturated rings. The van der Waals surface area contributed by atoms with Crippen molar-refractivity contribution in [3.05, 3.63) is 47.4 Å². The summed E-state index contributed by atoms with van der Waals surface area (Å²) in [6.07, 6.45) is 1.59. The highest BCUT2D eigenvalue weighted by Gasteiger charge is 2.09. The van der Waals surface area contributed by atoms with E-state index in [0.717, 1.165) is 5.69 Å². The van der Waals surface area contributed by atoms with Crippen LogP contribution < -0.4 is 4.74 Å². The second-order valence-corrected chi connectivity index (χ2v) is 3.82. The Morgan fingerprint density at radius 2 is 2.00 bits per heavy atom. The predicted octanol–water partition coefficient (Wildman–Crippen LogP) is 2.58. The number of ether oxygens (including phenoxy) is 1. The van der Waals surface area contributed by atoms with Gasteiger partial charge in [-0.25, -0.2) is 9.78 Å². The SMILES string of the molecule is Cc1ccc(Oc2ccc(C(=O)O)c(C)n2)cn1. The maximum absolute atomic E-state index is 10.8. The number of aromatic nitrogens is 2. The first-order valence-corrected chi connectivity index (χ1v) is 5.38. The number of carboxylic acids is 1. The minimum Gasteiger partial charge on any atom is -0.478 e. The molecule has 5 nitrogen and oxygen atoms in total. The number of hydrogen-bond donors (Lipinski definition) is 1. The molecule has 2 rings (SSSR count). The number of pyridine rings is 2. The molecule has 0 aliphatic carbocycles. The summed E-state index contributed by atoms with van der Waals surface area (Å²) < 4.78 is 5.48. The Bertz CT molecular complexity index is 579. The lowest BCUT2D eigenvalue weighted by Crippen LogP contribution is -2.02. The van der Waals surface area contributed by atoms with Crippen LogP contribution in [0.4, 0.5) is 0 Å². The third kappa shape index (κ3) is 2.63. The number of rotatable bonds is 3. The van der Waals surface area contributed by atoms with E-state index in [1.807, 2.05) is 13.0 Å². The number of carbonyl (C=O) groups is 1. The Morgan fingerprint density at radius 3 is 2.56 bits per heavy atom. The Labute approximate surface area is 104 Å². The molecule has 0 aliphatic rings. The van der Waals surface area contributed by atoms with Crippen LogP contribution in [0.1, 0.15) is 21.7 Å². The molecule has 5 heteroatoms. The van der Waals surface area contributed by atoms with Gasteiger partial charge >= 0.3 is 5.97 Å². The molecule has 92 valence electrons. The molecule has 0 bridgehead atoms. The van der Waals surface area contributed by atoms with Crippen LogP contribution in [-0.4, -0.2) is 21.0 Å². The standard InChI is InChI=1S/C13H12N2O3/c1-8-3-4-10(7-14-8)18-12-6-5-11(13(16)17)9(2)15-12/h3-7H,1-2H3,(H,16,17). The summed E-state index contributed by atoms with van der Waals surface area (Å²) in [5, 5.41) is 8.89. The van der Waals surface area contributed by atoms with Gasteiger partial charge in [0.15, 0.2) is 0 Å². The third-order valence-electron chi connectivity index (χ3n) is 2.40. The average Bonchev–Trinajstić information content (AvgIpc) is 2.32. The fraction of sp³-hybridized carbons (Fsp3) is 0.154. The van der Waals surface area contributed by atoms with Crippen LogP contribution in [0, 0.1) is 13.8 Å². The number of aryl methyl sites for hydroxylation is 2. The lowest BCUT2D eigenvalue weighted by molar-refractivity contribution is 0.0695. The van der Waals surface area contributed by atoms with Crippen molar-refractivity contribution in [1.29, 1.82) is 0 Å². The molecule has 0 saturated carbocycles. The summed E-state index contributed by atoms with van der Waals surface area (Å²) in [7, 11) is 0. The summed E-state index contributed by atoms with van der Waals surface area (Å²) in [4.78, 5) is 19.0. The van der Waals surface area contributed by atoms with Crippen LogP contribution >= 0.6 is 0 Å². The van der Waals surface area contributed by atoms with Crippen molar-refractivity contribution < 1.29 is 14.6 Å². The highest BCUT2D eigenvalue weighted by atomic mass is 16.5. The molecule has 0 saturated heterocycles. The van der Waals surface area contributed by atoms with Gasteiger partial charge in [-0.2, -0.15) is 0 Å². The maximum atomic E-state index is 10.8. The first kappa shape index (κ1) is 12.0. The molecule has 1 N–H and O–H groups in total. The van der Waals surface area contributed by atoms with Crippen molar-refractivity contribution in [3.63, 3.8) is 0 Å². The molecule has 2 aromatic rings. The van der Waals surface area contributed by atoms with Crippen molar-refractivity contribution in [2.24, 2.45) is 0 Å². The molecule has 2 aromatic heterocycles. The van der Waals surface area contributed by atoms with E-state index in [0.29, 0.717) is 17.3 Å². The van der Waals surface area contributed by atoms with Crippen molar-refractivity contribution in [3.8, 4) is 11.6 Å². The number of carboxylic acid groups (broad SMARTS) is 1. The van der Waals surface area contributed by atoms with E-state index in [2.05, 4.69) is 9.97 Å². The normalized spacial score (nSPS) is 10.1. The van der Waals surface area contributed by atoms with Crippen LogP contribution in [0.2, 0.25) is 0 Å². The minimum atomic E-state index is -0.997. The summed E-state index contributed by atoms with van der Waals surface area (Å²) >= 11 is 0. The maximum Gasteiger partial charge on any atom is 0.337 e. The number of aromatic carboxylic acids is 1. The molecule has 0 amide bonds. The second-order valence-electron chi connectivity index (χ2n) is 3.82. The van der Waals surface area contributed by atoms with Crippen molar-refractivity contribution >= 4 is 5.97 Å². The number of hydrogen-bond acceptors (Lipinski definition) is 4. The van der Waals surface area contributed by atoms with E-state index in [9.17, 15) is 4.79 Å². The predicted molar refractivity (Wildman–Crippen MR) is 65.0 cm³/mol. The Kier molecular flexibility index (Phi) is 3.23. The van der Waals surface area contributed by atoms with Gasteiger partial charge < -0.3 is 9.84 Å². The van der Waals surface area contributed by atoms with E-state index >= 15 is 0 Å². The van der Waals surface area contributed by atoms with Crippen molar-refractivity contribution in [1.82, 2.24) is 9.97 Å². The largest absolute Gasteiger partial charge is 0.478 e. The van der Waals surface area contributed by atoms with E-state index in [4.69, 9.17) is 9.84 Å². The first-order valence-electron chi connectivity index (χ1n) is 5.38. The summed E-state index contributed by atoms with van der Waals surface area (Å²) in [6.45, 7) is 3.51. The summed E-state index contributed by atoms with van der Waals surface area (Å²) in [5.74, 6) is -0.0812. The highest BCUT2D eigenvalue weighted by molar-refractivity contribution is 5.88. The highest BCUT2D eigenvalue weighted by Crippen LogP contribution is 2.20. The molecule has 0 spiro atoms. The molecule has 2 heterocycles. The molecule has 0 unspecified atom stereocenters. The molecule has 18 heavy (non-hydrogen) atoms. The van der Waals surface area contributed by atoms with E-state index in [1.165, 1.54) is 12.1 Å². The zero-order valence-corrected chi connectivity index (χ0v) is 10.0. The molecule has 0 atom stereocenters. The quantitative estimate of drug-likeness (QED) is 0.898. The smallest absolute Gasteiger partial charge is 0.337 e. The average molecular weight is 244 g/mol. The monoisotopic (exact) mass is 244 g/mol. The zero-order valence-electron chi connectivity index (χ0n) is 10.0. The van der Waals surface area contributed by atoms with E-state index in [-0.39, 0.29) is 5.56 Å². The summed E-state index contributed by atoms with van der Waals surface area (Å²) in [5.41, 5.74) is 1.48. The summed E-state index contributed by atoms with van der Waals surface area (Å²) in [6, 6.07) is 6.61. The van der Waals surface area contributed by atoms with Crippen molar-refractivity contribution in [2.45, 2.75) is 13.8 Å². The van der Waals surface area contributed by atoms with Crippen molar-refractivity contribution in [2.75, 3.05) is 0 Å². The second kappa shape index (κ2) is 4.83. The van der Waals surface area contributed by atoms with Gasteiger partial charge in [0.2, 0.25) is 5.88 Å². The Hall–Kier alpha value is -2.43. The third-order valence-corrected chi connectivity index (χ3v) is 2.40. The Balaban J connectivity index is 2.22. The minimum absolute atomic E-state index is 0.171. The van der Waals surface area contributed by atoms with Gasteiger partial charge in [0.05, 0.1) is 17.5 Å². The number of nitrogens with zero attached hydrogens (tertiary/aromatic N) is 2. The fourth-order valence-corrected chi connectivity index (χ4v) is 1.46. The van der Waals surface area contributed by atoms with Gasteiger partial charge in [0, 0.05) is 11.8 Å². The van der Waals surface area contributed by atoms with Gasteiger partial charge in [0.1, 0.15) is 5.75 Å². The molecular formula is C13H12N2O3. The first-order chi connectivity index (χ1) is 8.56. The van der Waals surface area contributed by atoms with Gasteiger partial charge in [-0.05, 0) is 32.0 Å². The van der Waals surface area contributed by atoms with Gasteiger partial charge in [0.25, 0.3) is 0 Å². The van der Waals surface area contributed by atoms with Crippen LogP contribution in [0.3, 0.4) is 0 Å². The van der Waals surface area contributed by atoms with E-state index < -0.39 is 5.97 Å². The molecule has 0 aromatic carbocycles. The lowest BCUT2D eigenvalue weighted by Gasteiger charge is -2.06. The van der Waals surface area contributed by atoms with Crippen LogP contribution in [0.15, 0.2) is 30.5 Å². The van der Waals surface area contributed by atoms with Gasteiger partial charge in [-0.3, -0.25) is 4.98 Å². The fourth-order valence-electron chi connectivity index (χ4n) is 1.46. The topological polar surface area (TPSA) is 72.3 Å². The van der Waals surface area contributed by atoms with Gasteiger partial charge in [-0.1, -0.05) is 0 Å². The zero-order chi connectivity index (χ0) is 13.1. The Morgan fingerprint density at radius 1 is 1.22 bits per heavy atom. The lowest BCUT2D eigenvalue weighted by atomic mass is 10.2. The molecular weight excluding hydrogens is 232 g/mol. The van der Waals surface area contributed by atoms with Gasteiger partial charge in [-0.15, -0.1) is 0 Å². The molecule has 0 aliphatic heterocycles. The molecule has 0 radical (unpaired) electrons. The van der Waals surface area contributed by atoms with Crippen LogP contribution in [0.25, 0.3) is 0 Å². The van der Waals surface area contributed by atoms with Crippen LogP contribution in [0.5, 0.6) is 11.6 Å². The van der Waals surface area contributed by atoms with Crippen LogP contribution in [-0.2, 0) is 0 Å². The van der Waals surface area contributed by atoms with E-state index in [1.54, 1.807) is 19.2 Å².